The number of H-pyrrole nitrogens is 1. The zero-order valence-corrected chi connectivity index (χ0v) is 11.6. The number of aromatic amines is 1. The van der Waals surface area contributed by atoms with Gasteiger partial charge in [0.15, 0.2) is 0 Å². The number of nitriles is 1. The molecule has 3 nitrogen and oxygen atoms in total. The summed E-state index contributed by atoms with van der Waals surface area (Å²) in [5, 5.41) is 9.11. The lowest BCUT2D eigenvalue weighted by molar-refractivity contribution is 1.02. The molecule has 0 amide bonds. The molecule has 0 atom stereocenters. The van der Waals surface area contributed by atoms with Crippen LogP contribution in [0.3, 0.4) is 0 Å². The molecule has 0 spiro atoms. The van der Waals surface area contributed by atoms with Crippen LogP contribution in [0.1, 0.15) is 28.1 Å². The molecule has 0 bridgehead atoms. The molecule has 0 radical (unpaired) electrons. The van der Waals surface area contributed by atoms with Crippen molar-refractivity contribution in [3.8, 4) is 6.07 Å². The lowest BCUT2D eigenvalue weighted by atomic mass is 10.0. The third-order valence-corrected chi connectivity index (χ3v) is 3.54. The minimum atomic E-state index is 0.617. The van der Waals surface area contributed by atoms with Crippen molar-refractivity contribution in [3.63, 3.8) is 0 Å². The molecule has 20 heavy (non-hydrogen) atoms. The molecule has 0 saturated carbocycles. The van der Waals surface area contributed by atoms with Crippen LogP contribution in [-0.4, -0.2) is 9.97 Å². The van der Waals surface area contributed by atoms with Gasteiger partial charge in [-0.05, 0) is 37.1 Å². The van der Waals surface area contributed by atoms with Crippen molar-refractivity contribution in [2.24, 2.45) is 0 Å². The van der Waals surface area contributed by atoms with Gasteiger partial charge in [-0.15, -0.1) is 0 Å². The van der Waals surface area contributed by atoms with Crippen molar-refractivity contribution in [2.45, 2.75) is 20.3 Å². The Morgan fingerprint density at radius 3 is 2.85 bits per heavy atom. The monoisotopic (exact) mass is 261 g/mol. The highest BCUT2D eigenvalue weighted by atomic mass is 14.9. The van der Waals surface area contributed by atoms with E-state index in [9.17, 15) is 0 Å². The molecule has 2 aromatic carbocycles. The van der Waals surface area contributed by atoms with Crippen LogP contribution in [0.5, 0.6) is 0 Å². The molecule has 98 valence electrons. The summed E-state index contributed by atoms with van der Waals surface area (Å²) >= 11 is 0. The lowest BCUT2D eigenvalue weighted by Gasteiger charge is -2.04. The third-order valence-electron chi connectivity index (χ3n) is 3.54. The number of hydrogen-bond acceptors (Lipinski definition) is 2. The maximum Gasteiger partial charge on any atom is 0.111 e. The van der Waals surface area contributed by atoms with Crippen LogP contribution < -0.4 is 0 Å². The van der Waals surface area contributed by atoms with Crippen LogP contribution in [0, 0.1) is 25.2 Å². The normalized spacial score (nSPS) is 10.7. The van der Waals surface area contributed by atoms with E-state index in [0.717, 1.165) is 23.3 Å². The second kappa shape index (κ2) is 4.82. The van der Waals surface area contributed by atoms with E-state index in [2.05, 4.69) is 48.1 Å². The fourth-order valence-corrected chi connectivity index (χ4v) is 2.43. The van der Waals surface area contributed by atoms with E-state index >= 15 is 0 Å². The Balaban J connectivity index is 2.03. The second-order valence-corrected chi connectivity index (χ2v) is 5.10. The topological polar surface area (TPSA) is 52.5 Å². The maximum absolute atomic E-state index is 9.11. The minimum Gasteiger partial charge on any atom is -0.342 e. The van der Waals surface area contributed by atoms with Crippen LogP contribution in [0.25, 0.3) is 11.0 Å². The molecular weight excluding hydrogens is 246 g/mol. The van der Waals surface area contributed by atoms with Gasteiger partial charge in [-0.25, -0.2) is 4.98 Å². The first kappa shape index (κ1) is 12.4. The summed E-state index contributed by atoms with van der Waals surface area (Å²) in [5.41, 5.74) is 6.07. The van der Waals surface area contributed by atoms with Crippen molar-refractivity contribution in [2.75, 3.05) is 0 Å². The molecule has 3 heteroatoms. The fraction of sp³-hybridized carbons (Fsp3) is 0.176. The van der Waals surface area contributed by atoms with E-state index in [1.165, 1.54) is 16.7 Å². The smallest absolute Gasteiger partial charge is 0.111 e. The predicted molar refractivity (Wildman–Crippen MR) is 79.5 cm³/mol. The third kappa shape index (κ3) is 2.17. The number of rotatable bonds is 2. The van der Waals surface area contributed by atoms with E-state index < -0.39 is 0 Å². The molecule has 1 heterocycles. The van der Waals surface area contributed by atoms with Gasteiger partial charge in [0.25, 0.3) is 0 Å². The molecule has 1 aromatic heterocycles. The van der Waals surface area contributed by atoms with E-state index in [1.54, 1.807) is 6.07 Å². The summed E-state index contributed by atoms with van der Waals surface area (Å²) in [4.78, 5) is 7.87. The highest BCUT2D eigenvalue weighted by Crippen LogP contribution is 2.19. The Bertz CT molecular complexity index is 822. The van der Waals surface area contributed by atoms with Crippen LogP contribution in [0.15, 0.2) is 36.4 Å². The van der Waals surface area contributed by atoms with E-state index in [-0.39, 0.29) is 0 Å². The molecule has 3 aromatic rings. The lowest BCUT2D eigenvalue weighted by Crippen LogP contribution is -1.94. The molecule has 0 saturated heterocycles. The van der Waals surface area contributed by atoms with E-state index in [1.807, 2.05) is 12.1 Å². The summed E-state index contributed by atoms with van der Waals surface area (Å²) in [6.45, 7) is 4.20. The number of nitrogens with one attached hydrogen (secondary N) is 1. The molecule has 0 unspecified atom stereocenters. The standard InChI is InChI=1S/C17H15N3/c1-11-6-7-12(2)14(8-11)9-16-19-15-5-3-4-13(10-18)17(15)20-16/h3-8H,9H2,1-2H3,(H,19,20). The molecule has 0 aliphatic rings. The summed E-state index contributed by atoms with van der Waals surface area (Å²) in [7, 11) is 0. The largest absolute Gasteiger partial charge is 0.342 e. The van der Waals surface area contributed by atoms with Gasteiger partial charge in [-0.3, -0.25) is 0 Å². The number of imidazole rings is 1. The zero-order valence-electron chi connectivity index (χ0n) is 11.6. The molecule has 0 aliphatic carbocycles. The average molecular weight is 261 g/mol. The second-order valence-electron chi connectivity index (χ2n) is 5.10. The maximum atomic E-state index is 9.11. The Morgan fingerprint density at radius 2 is 2.05 bits per heavy atom. The number of aromatic nitrogens is 2. The van der Waals surface area contributed by atoms with Crippen molar-refractivity contribution in [1.82, 2.24) is 9.97 Å². The fourth-order valence-electron chi connectivity index (χ4n) is 2.43. The number of hydrogen-bond donors (Lipinski definition) is 1. The van der Waals surface area contributed by atoms with Gasteiger partial charge in [-0.1, -0.05) is 29.8 Å². The highest BCUT2D eigenvalue weighted by Gasteiger charge is 2.08. The van der Waals surface area contributed by atoms with Gasteiger partial charge in [0.2, 0.25) is 0 Å². The number of benzene rings is 2. The van der Waals surface area contributed by atoms with Crippen LogP contribution in [0.4, 0.5) is 0 Å². The average Bonchev–Trinajstić information content (AvgIpc) is 2.85. The van der Waals surface area contributed by atoms with E-state index in [4.69, 9.17) is 5.26 Å². The quantitative estimate of drug-likeness (QED) is 0.765. The van der Waals surface area contributed by atoms with Crippen molar-refractivity contribution in [3.05, 3.63) is 64.5 Å². The minimum absolute atomic E-state index is 0.617. The Hall–Kier alpha value is -2.60. The Labute approximate surface area is 117 Å². The summed E-state index contributed by atoms with van der Waals surface area (Å²) in [5.74, 6) is 0.899. The molecular formula is C17H15N3. The Kier molecular flexibility index (Phi) is 3.00. The van der Waals surface area contributed by atoms with Crippen molar-refractivity contribution < 1.29 is 0 Å². The molecule has 0 aliphatic heterocycles. The number of nitrogens with zero attached hydrogens (tertiary/aromatic N) is 2. The first-order valence-electron chi connectivity index (χ1n) is 6.61. The predicted octanol–water partition coefficient (Wildman–Crippen LogP) is 3.64. The first-order valence-corrected chi connectivity index (χ1v) is 6.61. The SMILES string of the molecule is Cc1ccc(C)c(Cc2nc3c(C#N)cccc3[nH]2)c1. The zero-order chi connectivity index (χ0) is 14.1. The highest BCUT2D eigenvalue weighted by molar-refractivity contribution is 5.81. The summed E-state index contributed by atoms with van der Waals surface area (Å²) in [6, 6.07) is 14.2. The summed E-state index contributed by atoms with van der Waals surface area (Å²) in [6.07, 6.45) is 0.757. The van der Waals surface area contributed by atoms with Gasteiger partial charge in [-0.2, -0.15) is 5.26 Å². The van der Waals surface area contributed by atoms with E-state index in [0.29, 0.717) is 5.56 Å². The van der Waals surface area contributed by atoms with Crippen LogP contribution in [0.2, 0.25) is 0 Å². The van der Waals surface area contributed by atoms with Gasteiger partial charge in [0.1, 0.15) is 17.4 Å². The van der Waals surface area contributed by atoms with Gasteiger partial charge < -0.3 is 4.98 Å². The van der Waals surface area contributed by atoms with Crippen molar-refractivity contribution >= 4 is 11.0 Å². The van der Waals surface area contributed by atoms with Crippen molar-refractivity contribution in [1.29, 1.82) is 5.26 Å². The van der Waals surface area contributed by atoms with Crippen LogP contribution >= 0.6 is 0 Å². The molecule has 3 rings (SSSR count). The summed E-state index contributed by atoms with van der Waals surface area (Å²) < 4.78 is 0. The van der Waals surface area contributed by atoms with Gasteiger partial charge in [0, 0.05) is 6.42 Å². The number of fused-ring (bicyclic) bond motifs is 1. The molecule has 1 N–H and O–H groups in total. The number of aryl methyl sites for hydroxylation is 2. The Morgan fingerprint density at radius 1 is 1.20 bits per heavy atom. The number of para-hydroxylation sites is 1. The molecule has 0 fully saturated rings. The van der Waals surface area contributed by atoms with Gasteiger partial charge >= 0.3 is 0 Å². The van der Waals surface area contributed by atoms with Crippen LogP contribution in [-0.2, 0) is 6.42 Å². The van der Waals surface area contributed by atoms with Gasteiger partial charge in [0.05, 0.1) is 11.1 Å². The first-order chi connectivity index (χ1) is 9.67.